The van der Waals surface area contributed by atoms with Gasteiger partial charge >= 0.3 is 0 Å². The Kier molecular flexibility index (Phi) is 6.06. The van der Waals surface area contributed by atoms with Gasteiger partial charge in [-0.05, 0) is 86.3 Å². The molecule has 26 heavy (non-hydrogen) atoms. The predicted octanol–water partition coefficient (Wildman–Crippen LogP) is 7.54. The molecule has 0 radical (unpaired) electrons. The zero-order chi connectivity index (χ0) is 18.6. The number of unbranched alkanes of at least 4 members (excludes halogenated alkanes) is 1. The Morgan fingerprint density at radius 2 is 2.04 bits per heavy atom. The number of hydrogen-bond acceptors (Lipinski definition) is 1. The maximum absolute atomic E-state index is 4.37. The van der Waals surface area contributed by atoms with Crippen LogP contribution in [0.1, 0.15) is 83.6 Å². The van der Waals surface area contributed by atoms with E-state index in [1.807, 2.05) is 0 Å². The smallest absolute Gasteiger partial charge is 0.0571 e. The van der Waals surface area contributed by atoms with Gasteiger partial charge < -0.3 is 5.32 Å². The highest BCUT2D eigenvalue weighted by Gasteiger charge is 2.26. The molecule has 0 bridgehead atoms. The first-order chi connectivity index (χ1) is 12.5. The van der Waals surface area contributed by atoms with E-state index in [2.05, 4.69) is 69.1 Å². The van der Waals surface area contributed by atoms with Crippen molar-refractivity contribution in [3.63, 3.8) is 0 Å². The first kappa shape index (κ1) is 19.0. The monoisotopic (exact) mass is 349 g/mol. The highest BCUT2D eigenvalue weighted by Crippen LogP contribution is 2.37. The Balaban J connectivity index is 1.77. The van der Waals surface area contributed by atoms with Gasteiger partial charge in [-0.25, -0.2) is 0 Å². The summed E-state index contributed by atoms with van der Waals surface area (Å²) in [7, 11) is 0. The lowest BCUT2D eigenvalue weighted by atomic mass is 9.82. The van der Waals surface area contributed by atoms with Gasteiger partial charge in [-0.15, -0.1) is 0 Å². The van der Waals surface area contributed by atoms with E-state index in [9.17, 15) is 0 Å². The molecule has 2 aliphatic rings. The van der Waals surface area contributed by atoms with E-state index >= 15 is 0 Å². The molecule has 0 saturated heterocycles. The van der Waals surface area contributed by atoms with Crippen LogP contribution in [-0.2, 0) is 0 Å². The molecule has 2 aliphatic carbocycles. The molecule has 0 aliphatic heterocycles. The fourth-order valence-corrected chi connectivity index (χ4v) is 4.42. The summed E-state index contributed by atoms with van der Waals surface area (Å²) < 4.78 is 0. The summed E-state index contributed by atoms with van der Waals surface area (Å²) in [5, 5.41) is 3.82. The van der Waals surface area contributed by atoms with Crippen LogP contribution in [0.5, 0.6) is 0 Å². The Morgan fingerprint density at radius 1 is 1.27 bits per heavy atom. The van der Waals surface area contributed by atoms with Crippen molar-refractivity contribution in [3.05, 3.63) is 65.3 Å². The van der Waals surface area contributed by atoms with E-state index in [1.165, 1.54) is 66.5 Å². The zero-order valence-corrected chi connectivity index (χ0v) is 16.9. The molecule has 1 nitrogen and oxygen atoms in total. The lowest BCUT2D eigenvalue weighted by molar-refractivity contribution is 0.629. The minimum atomic E-state index is -0.0434. The van der Waals surface area contributed by atoms with Crippen LogP contribution in [0.15, 0.2) is 59.7 Å². The molecular weight excluding hydrogens is 314 g/mol. The predicted molar refractivity (Wildman–Crippen MR) is 115 cm³/mol. The molecule has 140 valence electrons. The Morgan fingerprint density at radius 3 is 2.77 bits per heavy atom. The van der Waals surface area contributed by atoms with Crippen LogP contribution in [-0.4, -0.2) is 5.54 Å². The average molecular weight is 350 g/mol. The number of allylic oxidation sites excluding steroid dienone is 3. The molecule has 1 saturated carbocycles. The summed E-state index contributed by atoms with van der Waals surface area (Å²) >= 11 is 0. The number of hydrogen-bond donors (Lipinski definition) is 1. The van der Waals surface area contributed by atoms with E-state index < -0.39 is 0 Å². The third-order valence-corrected chi connectivity index (χ3v) is 6.08. The summed E-state index contributed by atoms with van der Waals surface area (Å²) in [5.41, 5.74) is 6.73. The van der Waals surface area contributed by atoms with E-state index in [0.717, 1.165) is 18.8 Å². The molecule has 1 aromatic rings. The van der Waals surface area contributed by atoms with Crippen LogP contribution < -0.4 is 5.32 Å². The third-order valence-electron chi connectivity index (χ3n) is 6.08. The van der Waals surface area contributed by atoms with Gasteiger partial charge in [-0.2, -0.15) is 0 Å². The lowest BCUT2D eigenvalue weighted by Crippen LogP contribution is -2.34. The lowest BCUT2D eigenvalue weighted by Gasteiger charge is -2.33. The van der Waals surface area contributed by atoms with Gasteiger partial charge in [0.05, 0.1) is 5.54 Å². The van der Waals surface area contributed by atoms with E-state index in [0.29, 0.717) is 0 Å². The maximum Gasteiger partial charge on any atom is 0.0571 e. The molecule has 0 heterocycles. The first-order valence-electron chi connectivity index (χ1n) is 10.5. The molecule has 1 heteroatoms. The highest BCUT2D eigenvalue weighted by atomic mass is 15.0. The largest absolute Gasteiger partial charge is 0.376 e. The normalized spacial score (nSPS) is 23.5. The molecule has 0 spiro atoms. The highest BCUT2D eigenvalue weighted by molar-refractivity contribution is 5.55. The molecule has 0 aromatic heterocycles. The molecule has 1 fully saturated rings. The SMILES string of the molecule is C=C(CCCC)C1=C[C@@](C)(Nc2cccc(C3CCCC3)c2)CC=C1C. The van der Waals surface area contributed by atoms with Crippen LogP contribution in [0.4, 0.5) is 5.69 Å². The van der Waals surface area contributed by atoms with Crippen LogP contribution in [0, 0.1) is 0 Å². The topological polar surface area (TPSA) is 12.0 Å². The molecule has 3 rings (SSSR count). The zero-order valence-electron chi connectivity index (χ0n) is 16.9. The number of nitrogens with one attached hydrogen (secondary N) is 1. The average Bonchev–Trinajstić information content (AvgIpc) is 3.17. The minimum absolute atomic E-state index is 0.0434. The molecule has 0 amide bonds. The van der Waals surface area contributed by atoms with Crippen molar-refractivity contribution < 1.29 is 0 Å². The van der Waals surface area contributed by atoms with Gasteiger partial charge in [0.1, 0.15) is 0 Å². The van der Waals surface area contributed by atoms with Crippen molar-refractivity contribution in [2.24, 2.45) is 0 Å². The number of benzene rings is 1. The second kappa shape index (κ2) is 8.29. The molecule has 1 aromatic carbocycles. The summed E-state index contributed by atoms with van der Waals surface area (Å²) in [6.45, 7) is 11.1. The van der Waals surface area contributed by atoms with Crippen molar-refractivity contribution in [1.82, 2.24) is 0 Å². The quantitative estimate of drug-likeness (QED) is 0.536. The maximum atomic E-state index is 4.37. The van der Waals surface area contributed by atoms with Gasteiger partial charge in [0.15, 0.2) is 0 Å². The van der Waals surface area contributed by atoms with Crippen LogP contribution in [0.3, 0.4) is 0 Å². The van der Waals surface area contributed by atoms with Gasteiger partial charge in [0.25, 0.3) is 0 Å². The van der Waals surface area contributed by atoms with Crippen LogP contribution in [0.2, 0.25) is 0 Å². The number of anilines is 1. The van der Waals surface area contributed by atoms with Crippen LogP contribution in [0.25, 0.3) is 0 Å². The van der Waals surface area contributed by atoms with Gasteiger partial charge in [-0.3, -0.25) is 0 Å². The Labute approximate surface area is 160 Å². The van der Waals surface area contributed by atoms with Gasteiger partial charge in [-0.1, -0.05) is 57.0 Å². The van der Waals surface area contributed by atoms with Crippen molar-refractivity contribution >= 4 is 5.69 Å². The fourth-order valence-electron chi connectivity index (χ4n) is 4.42. The summed E-state index contributed by atoms with van der Waals surface area (Å²) in [6, 6.07) is 9.12. The second-order valence-corrected chi connectivity index (χ2v) is 8.51. The molecule has 0 unspecified atom stereocenters. The minimum Gasteiger partial charge on any atom is -0.376 e. The van der Waals surface area contributed by atoms with Gasteiger partial charge in [0, 0.05) is 5.69 Å². The molecule has 1 N–H and O–H groups in total. The molecular formula is C25H35N. The van der Waals surface area contributed by atoms with E-state index in [1.54, 1.807) is 0 Å². The Hall–Kier alpha value is -1.76. The van der Waals surface area contributed by atoms with E-state index in [4.69, 9.17) is 0 Å². The fraction of sp³-hybridized carbons (Fsp3) is 0.520. The Bertz CT molecular complexity index is 703. The number of rotatable bonds is 7. The third kappa shape index (κ3) is 4.50. The van der Waals surface area contributed by atoms with Crippen molar-refractivity contribution in [3.8, 4) is 0 Å². The van der Waals surface area contributed by atoms with Crippen molar-refractivity contribution in [2.75, 3.05) is 5.32 Å². The summed E-state index contributed by atoms with van der Waals surface area (Å²) in [6.07, 6.45) is 14.8. The van der Waals surface area contributed by atoms with Crippen LogP contribution >= 0.6 is 0 Å². The second-order valence-electron chi connectivity index (χ2n) is 8.51. The van der Waals surface area contributed by atoms with Gasteiger partial charge in [0.2, 0.25) is 0 Å². The van der Waals surface area contributed by atoms with E-state index in [-0.39, 0.29) is 5.54 Å². The standard InChI is InChI=1S/C25H35N/c1-5-6-10-19(2)24-18-25(4,16-15-20(24)3)26-23-14-9-13-22(17-23)21-11-7-8-12-21/h9,13-15,17-18,21,26H,2,5-8,10-12,16H2,1,3-4H3/t25-/m0/s1. The summed E-state index contributed by atoms with van der Waals surface area (Å²) in [5.74, 6) is 0.762. The van der Waals surface area contributed by atoms with Crippen molar-refractivity contribution in [1.29, 1.82) is 0 Å². The molecule has 1 atom stereocenters. The first-order valence-corrected chi connectivity index (χ1v) is 10.5. The summed E-state index contributed by atoms with van der Waals surface area (Å²) in [4.78, 5) is 0. The van der Waals surface area contributed by atoms with Crippen molar-refractivity contribution in [2.45, 2.75) is 83.6 Å².